The fourth-order valence-electron chi connectivity index (χ4n) is 4.18. The van der Waals surface area contributed by atoms with E-state index in [1.54, 1.807) is 17.3 Å². The van der Waals surface area contributed by atoms with Crippen molar-refractivity contribution in [2.45, 2.75) is 43.2 Å². The molecule has 0 radical (unpaired) electrons. The van der Waals surface area contributed by atoms with Gasteiger partial charge < -0.3 is 14.7 Å². The number of hydrogen-bond acceptors (Lipinski definition) is 6. The number of nitrogens with zero attached hydrogens (tertiary/aromatic N) is 2. The first kappa shape index (κ1) is 24.4. The number of ether oxygens (including phenoxy) is 1. The van der Waals surface area contributed by atoms with Crippen molar-refractivity contribution in [2.24, 2.45) is 11.8 Å². The highest BCUT2D eigenvalue weighted by atomic mass is 32.2. The van der Waals surface area contributed by atoms with E-state index in [0.717, 1.165) is 24.8 Å². The van der Waals surface area contributed by atoms with E-state index in [9.17, 15) is 26.4 Å². The van der Waals surface area contributed by atoms with Gasteiger partial charge in [0.2, 0.25) is 5.91 Å². The van der Waals surface area contributed by atoms with Crippen molar-refractivity contribution in [2.75, 3.05) is 25.4 Å². The van der Waals surface area contributed by atoms with Crippen molar-refractivity contribution in [3.05, 3.63) is 30.1 Å². The van der Waals surface area contributed by atoms with Gasteiger partial charge in [0.15, 0.2) is 9.84 Å². The summed E-state index contributed by atoms with van der Waals surface area (Å²) < 4.78 is 62.0. The van der Waals surface area contributed by atoms with Crippen molar-refractivity contribution in [3.63, 3.8) is 0 Å². The molecule has 1 atom stereocenters. The number of carboxylic acids is 1. The van der Waals surface area contributed by atoms with Gasteiger partial charge in [-0.1, -0.05) is 12.5 Å². The lowest BCUT2D eigenvalue weighted by Gasteiger charge is -2.51. The van der Waals surface area contributed by atoms with Gasteiger partial charge in [-0.15, -0.1) is 0 Å². The van der Waals surface area contributed by atoms with Crippen LogP contribution in [0.1, 0.15) is 31.2 Å². The van der Waals surface area contributed by atoms with Gasteiger partial charge in [0, 0.05) is 37.3 Å². The molecule has 3 fully saturated rings. The summed E-state index contributed by atoms with van der Waals surface area (Å²) in [5.41, 5.74) is 0.979. The second-order valence-corrected chi connectivity index (χ2v) is 10.8. The number of halogens is 3. The van der Waals surface area contributed by atoms with Crippen LogP contribution in [0.5, 0.6) is 0 Å². The van der Waals surface area contributed by atoms with E-state index in [4.69, 9.17) is 14.6 Å². The fourth-order valence-corrected chi connectivity index (χ4v) is 6.58. The lowest BCUT2D eigenvalue weighted by atomic mass is 9.79. The summed E-state index contributed by atoms with van der Waals surface area (Å²) in [5.74, 6) is -2.30. The Morgan fingerprint density at radius 1 is 1.25 bits per heavy atom. The van der Waals surface area contributed by atoms with Crippen molar-refractivity contribution < 1.29 is 41.0 Å². The van der Waals surface area contributed by atoms with Crippen LogP contribution in [0, 0.1) is 11.8 Å². The van der Waals surface area contributed by atoms with Crippen molar-refractivity contribution >= 4 is 21.7 Å². The zero-order valence-corrected chi connectivity index (χ0v) is 18.1. The molecular weight excluding hydrogens is 453 g/mol. The second-order valence-electron chi connectivity index (χ2n) is 8.37. The van der Waals surface area contributed by atoms with Crippen molar-refractivity contribution in [1.29, 1.82) is 0 Å². The number of hydrogen-bond donors (Lipinski definition) is 1. The van der Waals surface area contributed by atoms with Crippen LogP contribution in [0.15, 0.2) is 24.5 Å². The molecule has 2 saturated heterocycles. The molecule has 4 rings (SSSR count). The summed E-state index contributed by atoms with van der Waals surface area (Å²) in [7, 11) is -3.16. The Bertz CT molecular complexity index is 928. The van der Waals surface area contributed by atoms with Crippen molar-refractivity contribution in [3.8, 4) is 0 Å². The average Bonchev–Trinajstić information content (AvgIpc) is 2.90. The summed E-state index contributed by atoms with van der Waals surface area (Å²) in [6, 6.07) is 3.80. The molecule has 2 aliphatic heterocycles. The van der Waals surface area contributed by atoms with Gasteiger partial charge in [-0.2, -0.15) is 13.2 Å². The van der Waals surface area contributed by atoms with E-state index in [1.807, 2.05) is 12.1 Å². The van der Waals surface area contributed by atoms with E-state index < -0.39 is 26.7 Å². The van der Waals surface area contributed by atoms with Crippen LogP contribution >= 0.6 is 0 Å². The normalized spacial score (nSPS) is 23.6. The predicted molar refractivity (Wildman–Crippen MR) is 106 cm³/mol. The number of aliphatic carboxylic acids is 1. The zero-order chi connectivity index (χ0) is 23.6. The maximum atomic E-state index is 12.6. The maximum absolute atomic E-state index is 12.6. The van der Waals surface area contributed by atoms with Crippen LogP contribution in [0.3, 0.4) is 0 Å². The predicted octanol–water partition coefficient (Wildman–Crippen LogP) is 2.05. The highest BCUT2D eigenvalue weighted by molar-refractivity contribution is 7.93. The first-order valence-electron chi connectivity index (χ1n) is 10.2. The summed E-state index contributed by atoms with van der Waals surface area (Å²) in [6.07, 6.45) is 2.02. The highest BCUT2D eigenvalue weighted by Crippen LogP contribution is 2.46. The lowest BCUT2D eigenvalue weighted by Crippen LogP contribution is -2.69. The number of amides is 1. The third-order valence-corrected chi connectivity index (χ3v) is 8.94. The molecule has 1 amide bonds. The molecule has 1 aromatic heterocycles. The van der Waals surface area contributed by atoms with Crippen LogP contribution in [0.25, 0.3) is 0 Å². The molecule has 0 aromatic carbocycles. The largest absolute Gasteiger partial charge is 0.490 e. The van der Waals surface area contributed by atoms with Gasteiger partial charge in [0.05, 0.1) is 19.0 Å². The summed E-state index contributed by atoms with van der Waals surface area (Å²) in [6.45, 7) is 1.56. The third kappa shape index (κ3) is 5.06. The topological polar surface area (TPSA) is 114 Å². The monoisotopic (exact) mass is 478 g/mol. The number of aromatic nitrogens is 1. The average molecular weight is 478 g/mol. The molecule has 1 saturated carbocycles. The Labute approximate surface area is 183 Å². The Morgan fingerprint density at radius 2 is 1.91 bits per heavy atom. The van der Waals surface area contributed by atoms with Crippen molar-refractivity contribution in [1.82, 2.24) is 9.88 Å². The zero-order valence-electron chi connectivity index (χ0n) is 17.3. The number of sulfone groups is 1. The van der Waals surface area contributed by atoms with E-state index in [1.165, 1.54) is 0 Å². The Morgan fingerprint density at radius 3 is 2.41 bits per heavy atom. The highest BCUT2D eigenvalue weighted by Gasteiger charge is 2.62. The Hall–Kier alpha value is -2.21. The van der Waals surface area contributed by atoms with Gasteiger partial charge in [-0.25, -0.2) is 13.2 Å². The number of likely N-dealkylation sites (tertiary alicyclic amines) is 1. The number of pyridine rings is 1. The van der Waals surface area contributed by atoms with E-state index in [0.29, 0.717) is 32.7 Å². The Balaban J connectivity index is 0.000000360. The van der Waals surface area contributed by atoms with Gasteiger partial charge >= 0.3 is 12.1 Å². The SMILES string of the molecule is O=C(C1CCC1)N1CC2(C1)C(COCc1cccnc1)CCS2(=O)=O.O=C(O)C(F)(F)F. The number of carbonyl (C=O) groups is 2. The van der Waals surface area contributed by atoms with Crippen LogP contribution in [0.2, 0.25) is 0 Å². The van der Waals surface area contributed by atoms with Gasteiger partial charge in [0.25, 0.3) is 0 Å². The van der Waals surface area contributed by atoms with E-state index >= 15 is 0 Å². The standard InChI is InChI=1S/C18H24N2O4S.C2HF3O2/c21-17(15-4-1-5-15)20-12-18(13-20)16(6-8-25(18,22)23)11-24-10-14-3-2-7-19-9-14;3-2(4,5)1(6)7/h2-3,7,9,15-16H,1,4-6,8,10-13H2;(H,6,7). The van der Waals surface area contributed by atoms with Gasteiger partial charge in [-0.3, -0.25) is 9.78 Å². The third-order valence-electron chi connectivity index (χ3n) is 6.33. The van der Waals surface area contributed by atoms with Crippen LogP contribution < -0.4 is 0 Å². The lowest BCUT2D eigenvalue weighted by molar-refractivity contribution is -0.192. The van der Waals surface area contributed by atoms with E-state index in [-0.39, 0.29) is 23.5 Å². The second kappa shape index (κ2) is 9.34. The molecule has 32 heavy (non-hydrogen) atoms. The van der Waals surface area contributed by atoms with E-state index in [2.05, 4.69) is 4.98 Å². The van der Waals surface area contributed by atoms with Gasteiger partial charge in [-0.05, 0) is 30.9 Å². The molecule has 1 spiro atoms. The molecule has 1 aromatic rings. The number of rotatable bonds is 5. The number of carbonyl (C=O) groups excluding carboxylic acids is 1. The van der Waals surface area contributed by atoms with Crippen LogP contribution in [-0.4, -0.2) is 71.7 Å². The summed E-state index contributed by atoms with van der Waals surface area (Å²) in [4.78, 5) is 27.1. The smallest absolute Gasteiger partial charge is 0.475 e. The summed E-state index contributed by atoms with van der Waals surface area (Å²) >= 11 is 0. The Kier molecular flexibility index (Phi) is 7.13. The minimum Gasteiger partial charge on any atom is -0.475 e. The minimum atomic E-state index is -5.08. The van der Waals surface area contributed by atoms with Crippen LogP contribution in [-0.2, 0) is 30.8 Å². The first-order valence-corrected chi connectivity index (χ1v) is 11.9. The number of carboxylic acid groups (broad SMARTS) is 1. The molecule has 3 aliphatic rings. The van der Waals surface area contributed by atoms with Gasteiger partial charge in [0.1, 0.15) is 4.75 Å². The molecule has 0 bridgehead atoms. The molecule has 1 aliphatic carbocycles. The molecule has 178 valence electrons. The fraction of sp³-hybridized carbons (Fsp3) is 0.650. The first-order chi connectivity index (χ1) is 15.0. The molecule has 1 unspecified atom stereocenters. The summed E-state index contributed by atoms with van der Waals surface area (Å²) in [5, 5.41) is 7.12. The molecule has 1 N–H and O–H groups in total. The minimum absolute atomic E-state index is 0.0281. The molecular formula is C20H25F3N2O6S. The quantitative estimate of drug-likeness (QED) is 0.689. The number of alkyl halides is 3. The molecule has 3 heterocycles. The van der Waals surface area contributed by atoms with Crippen LogP contribution in [0.4, 0.5) is 13.2 Å². The molecule has 8 nitrogen and oxygen atoms in total. The maximum Gasteiger partial charge on any atom is 0.490 e. The molecule has 12 heteroatoms.